The number of anilines is 1. The van der Waals surface area contributed by atoms with E-state index in [-0.39, 0.29) is 18.0 Å². The summed E-state index contributed by atoms with van der Waals surface area (Å²) in [6.45, 7) is 2.59. The van der Waals surface area contributed by atoms with Gasteiger partial charge in [-0.15, -0.1) is 0 Å². The predicted molar refractivity (Wildman–Crippen MR) is 121 cm³/mol. The van der Waals surface area contributed by atoms with Crippen LogP contribution in [0.3, 0.4) is 0 Å². The number of fused-ring (bicyclic) bond motifs is 1. The number of hydrogen-bond donors (Lipinski definition) is 0. The lowest BCUT2D eigenvalue weighted by atomic mass is 10.0. The number of carbonyl (C=O) groups excluding carboxylic acids is 1. The minimum absolute atomic E-state index is 0.0557. The highest BCUT2D eigenvalue weighted by Gasteiger charge is 2.23. The summed E-state index contributed by atoms with van der Waals surface area (Å²) < 4.78 is 6.83. The number of rotatable bonds is 4. The van der Waals surface area contributed by atoms with E-state index < -0.39 is 0 Å². The van der Waals surface area contributed by atoms with Gasteiger partial charge in [0.25, 0.3) is 11.4 Å². The van der Waals surface area contributed by atoms with Crippen LogP contribution >= 0.6 is 0 Å². The average Bonchev–Trinajstić information content (AvgIpc) is 3.30. The van der Waals surface area contributed by atoms with Crippen molar-refractivity contribution in [2.45, 2.75) is 26.3 Å². The van der Waals surface area contributed by atoms with Crippen LogP contribution < -0.4 is 10.5 Å². The molecule has 0 radical (unpaired) electrons. The molecule has 0 aliphatic carbocycles. The lowest BCUT2D eigenvalue weighted by Crippen LogP contribution is -2.39. The second kappa shape index (κ2) is 8.26. The van der Waals surface area contributed by atoms with Crippen LogP contribution in [0.2, 0.25) is 0 Å². The highest BCUT2D eigenvalue weighted by Crippen LogP contribution is 2.27. The molecule has 4 aromatic rings. The molecule has 1 aliphatic heterocycles. The Hall–Kier alpha value is -4.00. The van der Waals surface area contributed by atoms with Gasteiger partial charge in [0.05, 0.1) is 5.56 Å². The van der Waals surface area contributed by atoms with Crippen molar-refractivity contribution in [3.63, 3.8) is 0 Å². The van der Waals surface area contributed by atoms with E-state index in [1.807, 2.05) is 55.5 Å². The Kier molecular flexibility index (Phi) is 5.15. The smallest absolute Gasteiger partial charge is 0.259 e. The van der Waals surface area contributed by atoms with E-state index >= 15 is 0 Å². The van der Waals surface area contributed by atoms with Crippen LogP contribution in [-0.4, -0.2) is 27.2 Å². The van der Waals surface area contributed by atoms with Gasteiger partial charge in [0, 0.05) is 30.1 Å². The van der Waals surface area contributed by atoms with Gasteiger partial charge in [0.2, 0.25) is 11.7 Å². The highest BCUT2D eigenvalue weighted by molar-refractivity contribution is 5.94. The first kappa shape index (κ1) is 19.9. The van der Waals surface area contributed by atoms with Crippen molar-refractivity contribution in [2.75, 3.05) is 11.4 Å². The zero-order valence-electron chi connectivity index (χ0n) is 17.7. The van der Waals surface area contributed by atoms with Crippen LogP contribution in [-0.2, 0) is 17.8 Å². The van der Waals surface area contributed by atoms with Gasteiger partial charge in [0.1, 0.15) is 6.54 Å². The second-order valence-electron chi connectivity index (χ2n) is 7.95. The summed E-state index contributed by atoms with van der Waals surface area (Å²) >= 11 is 0. The van der Waals surface area contributed by atoms with E-state index in [2.05, 4.69) is 10.1 Å². The van der Waals surface area contributed by atoms with Crippen molar-refractivity contribution >= 4 is 11.6 Å². The number of benzene rings is 2. The fourth-order valence-corrected chi connectivity index (χ4v) is 4.05. The Morgan fingerprint density at radius 1 is 1.06 bits per heavy atom. The first-order valence-corrected chi connectivity index (χ1v) is 10.6. The molecule has 3 heterocycles. The number of carbonyl (C=O) groups is 1. The zero-order valence-corrected chi connectivity index (χ0v) is 17.7. The molecule has 1 aliphatic rings. The molecule has 0 unspecified atom stereocenters. The van der Waals surface area contributed by atoms with E-state index in [9.17, 15) is 9.59 Å². The van der Waals surface area contributed by atoms with Crippen LogP contribution in [0.5, 0.6) is 0 Å². The molecule has 0 saturated carbocycles. The average molecular weight is 426 g/mol. The normalized spacial score (nSPS) is 13.1. The van der Waals surface area contributed by atoms with Gasteiger partial charge < -0.3 is 14.0 Å². The van der Waals surface area contributed by atoms with E-state index in [0.29, 0.717) is 23.8 Å². The molecule has 2 aromatic carbocycles. The number of pyridine rings is 1. The fraction of sp³-hybridized carbons (Fsp3) is 0.200. The standard InChI is InChI=1S/C25H22N4O3/c1-17-6-4-8-19(14-17)24-26-25(32-27-24)20-11-12-22(30)28(15-20)16-23(31)29-13-5-9-18-7-2-3-10-21(18)29/h2-4,6-8,10-12,14-15H,5,9,13,16H2,1H3. The lowest BCUT2D eigenvalue weighted by molar-refractivity contribution is -0.119. The maximum Gasteiger partial charge on any atom is 0.259 e. The van der Waals surface area contributed by atoms with Crippen molar-refractivity contribution in [1.29, 1.82) is 0 Å². The second-order valence-corrected chi connectivity index (χ2v) is 7.95. The quantitative estimate of drug-likeness (QED) is 0.495. The third-order valence-electron chi connectivity index (χ3n) is 5.65. The number of hydrogen-bond acceptors (Lipinski definition) is 5. The maximum atomic E-state index is 13.1. The summed E-state index contributed by atoms with van der Waals surface area (Å²) in [6, 6.07) is 18.8. The van der Waals surface area contributed by atoms with Gasteiger partial charge in [-0.2, -0.15) is 4.98 Å². The van der Waals surface area contributed by atoms with Crippen molar-refractivity contribution in [2.24, 2.45) is 0 Å². The Labute approximate surface area is 184 Å². The van der Waals surface area contributed by atoms with Gasteiger partial charge in [-0.05, 0) is 43.5 Å². The van der Waals surface area contributed by atoms with Gasteiger partial charge in [0.15, 0.2) is 0 Å². The molecule has 2 aromatic heterocycles. The highest BCUT2D eigenvalue weighted by atomic mass is 16.5. The van der Waals surface area contributed by atoms with Crippen molar-refractivity contribution < 1.29 is 9.32 Å². The van der Waals surface area contributed by atoms with Crippen LogP contribution in [0.15, 0.2) is 76.2 Å². The summed E-state index contributed by atoms with van der Waals surface area (Å²) in [5.74, 6) is 0.649. The number of para-hydroxylation sites is 1. The van der Waals surface area contributed by atoms with Gasteiger partial charge >= 0.3 is 0 Å². The summed E-state index contributed by atoms with van der Waals surface area (Å²) in [6.07, 6.45) is 3.46. The Morgan fingerprint density at radius 2 is 1.94 bits per heavy atom. The first-order chi connectivity index (χ1) is 15.6. The summed E-state index contributed by atoms with van der Waals surface area (Å²) in [5.41, 5.74) is 4.36. The number of nitrogens with zero attached hydrogens (tertiary/aromatic N) is 4. The maximum absolute atomic E-state index is 13.1. The van der Waals surface area contributed by atoms with Crippen LogP contribution in [0.25, 0.3) is 22.8 Å². The summed E-state index contributed by atoms with van der Waals surface area (Å²) in [4.78, 5) is 31.8. The van der Waals surface area contributed by atoms with Crippen molar-refractivity contribution in [3.05, 3.63) is 88.3 Å². The summed E-state index contributed by atoms with van der Waals surface area (Å²) in [5, 5.41) is 4.07. The van der Waals surface area contributed by atoms with E-state index in [0.717, 1.165) is 35.2 Å². The van der Waals surface area contributed by atoms with E-state index in [4.69, 9.17) is 4.52 Å². The third kappa shape index (κ3) is 3.85. The van der Waals surface area contributed by atoms with Gasteiger partial charge in [-0.1, -0.05) is 47.1 Å². The Bertz CT molecular complexity index is 1360. The molecule has 0 saturated heterocycles. The number of amides is 1. The van der Waals surface area contributed by atoms with Crippen molar-refractivity contribution in [1.82, 2.24) is 14.7 Å². The number of aromatic nitrogens is 3. The first-order valence-electron chi connectivity index (χ1n) is 10.6. The third-order valence-corrected chi connectivity index (χ3v) is 5.65. The summed E-state index contributed by atoms with van der Waals surface area (Å²) in [7, 11) is 0. The van der Waals surface area contributed by atoms with Crippen LogP contribution in [0.1, 0.15) is 17.5 Å². The minimum Gasteiger partial charge on any atom is -0.334 e. The molecule has 0 atom stereocenters. The molecule has 0 bridgehead atoms. The Balaban J connectivity index is 1.41. The molecule has 32 heavy (non-hydrogen) atoms. The predicted octanol–water partition coefficient (Wildman–Crippen LogP) is 3.85. The molecule has 0 fully saturated rings. The molecule has 1 amide bonds. The number of aryl methyl sites for hydroxylation is 2. The van der Waals surface area contributed by atoms with Crippen LogP contribution in [0.4, 0.5) is 5.69 Å². The lowest BCUT2D eigenvalue weighted by Gasteiger charge is -2.29. The Morgan fingerprint density at radius 3 is 2.81 bits per heavy atom. The zero-order chi connectivity index (χ0) is 22.1. The SMILES string of the molecule is Cc1cccc(-c2noc(-c3ccc(=O)n(CC(=O)N4CCCc5ccccc54)c3)n2)c1. The van der Waals surface area contributed by atoms with Gasteiger partial charge in [-0.25, -0.2) is 0 Å². The molecular weight excluding hydrogens is 404 g/mol. The molecule has 5 rings (SSSR count). The molecular formula is C25H22N4O3. The van der Waals surface area contributed by atoms with E-state index in [1.165, 1.54) is 10.6 Å². The minimum atomic E-state index is -0.259. The molecule has 7 nitrogen and oxygen atoms in total. The largest absolute Gasteiger partial charge is 0.334 e. The molecule has 7 heteroatoms. The van der Waals surface area contributed by atoms with Crippen LogP contribution in [0, 0.1) is 6.92 Å². The van der Waals surface area contributed by atoms with Crippen molar-refractivity contribution in [3.8, 4) is 22.8 Å². The molecule has 0 spiro atoms. The molecule has 160 valence electrons. The fourth-order valence-electron chi connectivity index (χ4n) is 4.05. The van der Waals surface area contributed by atoms with Gasteiger partial charge in [-0.3, -0.25) is 9.59 Å². The topological polar surface area (TPSA) is 81.2 Å². The molecule has 0 N–H and O–H groups in total. The monoisotopic (exact) mass is 426 g/mol. The van der Waals surface area contributed by atoms with E-state index in [1.54, 1.807) is 17.2 Å².